The molecular weight excluding hydrogens is 230 g/mol. The average molecular weight is 255 g/mol. The van der Waals surface area contributed by atoms with Crippen molar-refractivity contribution >= 4 is 11.8 Å². The van der Waals surface area contributed by atoms with Gasteiger partial charge in [-0.05, 0) is 40.4 Å². The fraction of sp³-hybridized carbons (Fsp3) is 0.846. The second-order valence-corrected chi connectivity index (χ2v) is 5.21. The van der Waals surface area contributed by atoms with Gasteiger partial charge in [0, 0.05) is 6.54 Å². The zero-order valence-corrected chi connectivity index (χ0v) is 11.9. The molecule has 1 fully saturated rings. The smallest absolute Gasteiger partial charge is 0.245 e. The maximum absolute atomic E-state index is 12.2. The van der Waals surface area contributed by atoms with Crippen LogP contribution in [0.3, 0.4) is 0 Å². The van der Waals surface area contributed by atoms with Crippen LogP contribution in [-0.2, 0) is 9.59 Å². The highest BCUT2D eigenvalue weighted by molar-refractivity contribution is 5.96. The summed E-state index contributed by atoms with van der Waals surface area (Å²) >= 11 is 0. The third-order valence-electron chi connectivity index (χ3n) is 3.33. The number of carbonyl (C=O) groups is 2. The van der Waals surface area contributed by atoms with Crippen molar-refractivity contribution in [1.82, 2.24) is 15.1 Å². The van der Waals surface area contributed by atoms with Crippen LogP contribution in [0.4, 0.5) is 0 Å². The summed E-state index contributed by atoms with van der Waals surface area (Å²) in [6.45, 7) is 5.40. The molecule has 0 radical (unpaired) electrons. The van der Waals surface area contributed by atoms with Gasteiger partial charge in [0.1, 0.15) is 12.1 Å². The molecule has 5 heteroatoms. The highest BCUT2D eigenvalue weighted by Crippen LogP contribution is 2.13. The Morgan fingerprint density at radius 3 is 2.56 bits per heavy atom. The molecule has 104 valence electrons. The van der Waals surface area contributed by atoms with Gasteiger partial charge in [0.05, 0.1) is 0 Å². The zero-order valence-electron chi connectivity index (χ0n) is 11.9. The van der Waals surface area contributed by atoms with Crippen LogP contribution in [0.1, 0.15) is 33.1 Å². The van der Waals surface area contributed by atoms with Gasteiger partial charge < -0.3 is 15.1 Å². The summed E-state index contributed by atoms with van der Waals surface area (Å²) in [5, 5.41) is 2.81. The summed E-state index contributed by atoms with van der Waals surface area (Å²) < 4.78 is 0. The summed E-state index contributed by atoms with van der Waals surface area (Å²) in [5.74, 6) is 0.0422. The molecule has 0 aromatic heterocycles. The van der Waals surface area contributed by atoms with Crippen molar-refractivity contribution in [1.29, 1.82) is 0 Å². The van der Waals surface area contributed by atoms with Crippen molar-refractivity contribution in [3.8, 4) is 0 Å². The molecule has 5 nitrogen and oxygen atoms in total. The van der Waals surface area contributed by atoms with Gasteiger partial charge in [-0.2, -0.15) is 0 Å². The minimum Gasteiger partial charge on any atom is -0.343 e. The Morgan fingerprint density at radius 2 is 2.00 bits per heavy atom. The third kappa shape index (κ3) is 3.70. The maximum atomic E-state index is 12.2. The molecule has 1 aliphatic heterocycles. The predicted octanol–water partition coefficient (Wildman–Crippen LogP) is 0.454. The molecule has 1 rings (SSSR count). The SMILES string of the molecule is CCCC1NC(=O)C(C)N(CCCN(C)C)C1=O. The molecule has 18 heavy (non-hydrogen) atoms. The van der Waals surface area contributed by atoms with Crippen LogP contribution in [0.5, 0.6) is 0 Å². The van der Waals surface area contributed by atoms with Gasteiger partial charge in [0.2, 0.25) is 11.8 Å². The van der Waals surface area contributed by atoms with E-state index in [9.17, 15) is 9.59 Å². The van der Waals surface area contributed by atoms with Gasteiger partial charge in [0.15, 0.2) is 0 Å². The van der Waals surface area contributed by atoms with Crippen molar-refractivity contribution in [2.24, 2.45) is 0 Å². The van der Waals surface area contributed by atoms with E-state index in [0.717, 1.165) is 25.8 Å². The summed E-state index contributed by atoms with van der Waals surface area (Å²) in [7, 11) is 4.02. The maximum Gasteiger partial charge on any atom is 0.245 e. The molecule has 0 aromatic carbocycles. The fourth-order valence-corrected chi connectivity index (χ4v) is 2.23. The quantitative estimate of drug-likeness (QED) is 0.750. The molecule has 2 atom stereocenters. The van der Waals surface area contributed by atoms with E-state index in [2.05, 4.69) is 10.2 Å². The Bertz CT molecular complexity index is 305. The lowest BCUT2D eigenvalue weighted by atomic mass is 10.0. The van der Waals surface area contributed by atoms with Gasteiger partial charge in [-0.1, -0.05) is 13.3 Å². The molecule has 0 aromatic rings. The van der Waals surface area contributed by atoms with Crippen LogP contribution in [0.2, 0.25) is 0 Å². The van der Waals surface area contributed by atoms with Gasteiger partial charge in [0.25, 0.3) is 0 Å². The third-order valence-corrected chi connectivity index (χ3v) is 3.33. The molecule has 2 amide bonds. The van der Waals surface area contributed by atoms with Crippen molar-refractivity contribution < 1.29 is 9.59 Å². The molecule has 1 aliphatic rings. The van der Waals surface area contributed by atoms with E-state index in [1.54, 1.807) is 11.8 Å². The van der Waals surface area contributed by atoms with Gasteiger partial charge in [-0.3, -0.25) is 9.59 Å². The topological polar surface area (TPSA) is 52.7 Å². The highest BCUT2D eigenvalue weighted by Gasteiger charge is 2.36. The number of hydrogen-bond acceptors (Lipinski definition) is 3. The first kappa shape index (κ1) is 15.0. The van der Waals surface area contributed by atoms with Gasteiger partial charge in [-0.25, -0.2) is 0 Å². The number of amides is 2. The minimum atomic E-state index is -0.340. The predicted molar refractivity (Wildman–Crippen MR) is 71.2 cm³/mol. The van der Waals surface area contributed by atoms with E-state index in [4.69, 9.17) is 0 Å². The van der Waals surface area contributed by atoms with Crippen LogP contribution in [0, 0.1) is 0 Å². The van der Waals surface area contributed by atoms with E-state index < -0.39 is 0 Å². The number of nitrogens with one attached hydrogen (secondary N) is 1. The standard InChI is InChI=1S/C13H25N3O2/c1-5-7-11-13(18)16(9-6-8-15(3)4)10(2)12(17)14-11/h10-11H,5-9H2,1-4H3,(H,14,17). The second-order valence-electron chi connectivity index (χ2n) is 5.21. The number of hydrogen-bond donors (Lipinski definition) is 1. The number of nitrogens with zero attached hydrogens (tertiary/aromatic N) is 2. The van der Waals surface area contributed by atoms with E-state index in [1.807, 2.05) is 21.0 Å². The normalized spacial score (nSPS) is 24.6. The van der Waals surface area contributed by atoms with Crippen molar-refractivity contribution in [2.45, 2.75) is 45.2 Å². The Balaban J connectivity index is 2.60. The van der Waals surface area contributed by atoms with Crippen LogP contribution >= 0.6 is 0 Å². The van der Waals surface area contributed by atoms with E-state index in [1.165, 1.54) is 0 Å². The molecule has 0 bridgehead atoms. The summed E-state index contributed by atoms with van der Waals surface area (Å²) in [6.07, 6.45) is 2.52. The van der Waals surface area contributed by atoms with Crippen molar-refractivity contribution in [2.75, 3.05) is 27.2 Å². The molecule has 1 heterocycles. The average Bonchev–Trinajstić information content (AvgIpc) is 2.30. The fourth-order valence-electron chi connectivity index (χ4n) is 2.23. The molecule has 0 aliphatic carbocycles. The van der Waals surface area contributed by atoms with Crippen LogP contribution in [0.15, 0.2) is 0 Å². The first-order valence-electron chi connectivity index (χ1n) is 6.73. The monoisotopic (exact) mass is 255 g/mol. The Kier molecular flexibility index (Phi) is 5.59. The lowest BCUT2D eigenvalue weighted by molar-refractivity contribution is -0.148. The van der Waals surface area contributed by atoms with Crippen molar-refractivity contribution in [3.05, 3.63) is 0 Å². The Morgan fingerprint density at radius 1 is 1.33 bits per heavy atom. The number of piperazine rings is 1. The Hall–Kier alpha value is -1.10. The van der Waals surface area contributed by atoms with Crippen LogP contribution < -0.4 is 5.32 Å². The minimum absolute atomic E-state index is 0.0297. The largest absolute Gasteiger partial charge is 0.343 e. The second kappa shape index (κ2) is 6.73. The van der Waals surface area contributed by atoms with E-state index in [-0.39, 0.29) is 23.9 Å². The van der Waals surface area contributed by atoms with E-state index >= 15 is 0 Å². The van der Waals surface area contributed by atoms with E-state index in [0.29, 0.717) is 6.54 Å². The molecule has 2 unspecified atom stereocenters. The van der Waals surface area contributed by atoms with Gasteiger partial charge in [-0.15, -0.1) is 0 Å². The van der Waals surface area contributed by atoms with Crippen molar-refractivity contribution in [3.63, 3.8) is 0 Å². The zero-order chi connectivity index (χ0) is 13.7. The highest BCUT2D eigenvalue weighted by atomic mass is 16.2. The molecule has 0 saturated carbocycles. The lowest BCUT2D eigenvalue weighted by Gasteiger charge is -2.37. The molecule has 1 saturated heterocycles. The lowest BCUT2D eigenvalue weighted by Crippen LogP contribution is -2.62. The molecule has 1 N–H and O–H groups in total. The van der Waals surface area contributed by atoms with Crippen LogP contribution in [-0.4, -0.2) is 60.9 Å². The number of rotatable bonds is 6. The van der Waals surface area contributed by atoms with Crippen LogP contribution in [0.25, 0.3) is 0 Å². The Labute approximate surface area is 110 Å². The number of carbonyl (C=O) groups excluding carboxylic acids is 2. The summed E-state index contributed by atoms with van der Waals surface area (Å²) in [6, 6.07) is -0.661. The summed E-state index contributed by atoms with van der Waals surface area (Å²) in [4.78, 5) is 27.9. The summed E-state index contributed by atoms with van der Waals surface area (Å²) in [5.41, 5.74) is 0. The first-order valence-corrected chi connectivity index (χ1v) is 6.73. The molecule has 0 spiro atoms. The molecular formula is C13H25N3O2. The van der Waals surface area contributed by atoms with Gasteiger partial charge >= 0.3 is 0 Å². The first-order chi connectivity index (χ1) is 8.47.